The molecule has 2 aromatic rings. The highest BCUT2D eigenvalue weighted by Crippen LogP contribution is 2.21. The summed E-state index contributed by atoms with van der Waals surface area (Å²) in [5.74, 6) is 0.393. The van der Waals surface area contributed by atoms with Crippen molar-refractivity contribution < 1.29 is 9.59 Å². The molecule has 1 heterocycles. The number of nitrogens with zero attached hydrogens (tertiary/aromatic N) is 2. The summed E-state index contributed by atoms with van der Waals surface area (Å²) < 4.78 is 0. The van der Waals surface area contributed by atoms with Gasteiger partial charge < -0.3 is 10.2 Å². The second-order valence-electron chi connectivity index (χ2n) is 7.87. The summed E-state index contributed by atoms with van der Waals surface area (Å²) in [6.07, 6.45) is 3.47. The summed E-state index contributed by atoms with van der Waals surface area (Å²) in [7, 11) is 0. The minimum absolute atomic E-state index is 0.0287. The lowest BCUT2D eigenvalue weighted by Crippen LogP contribution is -2.49. The quantitative estimate of drug-likeness (QED) is 0.584. The molecule has 0 bridgehead atoms. The van der Waals surface area contributed by atoms with Crippen LogP contribution in [0.3, 0.4) is 0 Å². The lowest BCUT2D eigenvalue weighted by atomic mass is 10.1. The molecule has 0 radical (unpaired) electrons. The molecule has 1 atom stereocenters. The number of carbonyl (C=O) groups is 2. The number of benzene rings is 2. The topological polar surface area (TPSA) is 52.7 Å². The summed E-state index contributed by atoms with van der Waals surface area (Å²) in [6.45, 7) is 3.98. The normalized spacial score (nSPS) is 15.8. The van der Waals surface area contributed by atoms with Gasteiger partial charge >= 0.3 is 0 Å². The smallest absolute Gasteiger partial charge is 0.253 e. The van der Waals surface area contributed by atoms with Gasteiger partial charge in [-0.2, -0.15) is 11.8 Å². The van der Waals surface area contributed by atoms with Gasteiger partial charge in [-0.05, 0) is 48.6 Å². The highest BCUT2D eigenvalue weighted by Gasteiger charge is 2.28. The van der Waals surface area contributed by atoms with Crippen LogP contribution in [0.4, 0.5) is 0 Å². The Labute approximate surface area is 204 Å². The molecule has 1 N–H and O–H groups in total. The molecule has 0 aliphatic carbocycles. The van der Waals surface area contributed by atoms with E-state index in [1.807, 2.05) is 17.2 Å². The van der Waals surface area contributed by atoms with Crippen molar-refractivity contribution in [1.29, 1.82) is 0 Å². The van der Waals surface area contributed by atoms with Crippen molar-refractivity contribution in [1.82, 2.24) is 15.1 Å². The molecule has 1 aliphatic rings. The highest BCUT2D eigenvalue weighted by molar-refractivity contribution is 7.98. The van der Waals surface area contributed by atoms with Crippen LogP contribution in [-0.4, -0.2) is 65.8 Å². The summed E-state index contributed by atoms with van der Waals surface area (Å²) in [6, 6.07) is 14.5. The molecule has 5 nitrogen and oxygen atoms in total. The van der Waals surface area contributed by atoms with E-state index in [9.17, 15) is 9.59 Å². The van der Waals surface area contributed by atoms with Crippen molar-refractivity contribution >= 4 is 46.8 Å². The van der Waals surface area contributed by atoms with Crippen molar-refractivity contribution in [3.05, 3.63) is 69.7 Å². The van der Waals surface area contributed by atoms with Crippen LogP contribution in [0, 0.1) is 0 Å². The van der Waals surface area contributed by atoms with E-state index in [2.05, 4.69) is 34.5 Å². The van der Waals surface area contributed by atoms with E-state index >= 15 is 0 Å². The number of hydrogen-bond acceptors (Lipinski definition) is 4. The molecular weight excluding hydrogens is 465 g/mol. The van der Waals surface area contributed by atoms with Crippen molar-refractivity contribution in [3.63, 3.8) is 0 Å². The van der Waals surface area contributed by atoms with Gasteiger partial charge in [-0.3, -0.25) is 14.5 Å². The summed E-state index contributed by atoms with van der Waals surface area (Å²) in [5.41, 5.74) is 1.60. The first-order valence-electron chi connectivity index (χ1n) is 10.8. The Hall–Kier alpha value is -1.73. The zero-order valence-electron chi connectivity index (χ0n) is 18.2. The van der Waals surface area contributed by atoms with Crippen LogP contribution in [0.2, 0.25) is 10.0 Å². The third-order valence-corrected chi connectivity index (χ3v) is 6.73. The fourth-order valence-corrected chi connectivity index (χ4v) is 4.78. The maximum Gasteiger partial charge on any atom is 0.253 e. The Balaban J connectivity index is 1.63. The molecule has 32 heavy (non-hydrogen) atoms. The first kappa shape index (κ1) is 24.9. The Bertz CT molecular complexity index is 913. The molecule has 8 heteroatoms. The van der Waals surface area contributed by atoms with Gasteiger partial charge in [0.1, 0.15) is 6.04 Å². The van der Waals surface area contributed by atoms with Crippen LogP contribution < -0.4 is 5.32 Å². The van der Waals surface area contributed by atoms with Crippen molar-refractivity contribution in [2.24, 2.45) is 0 Å². The van der Waals surface area contributed by atoms with Crippen molar-refractivity contribution in [2.75, 3.05) is 38.2 Å². The molecule has 0 spiro atoms. The van der Waals surface area contributed by atoms with E-state index in [1.165, 1.54) is 11.6 Å². The van der Waals surface area contributed by atoms with E-state index < -0.39 is 6.04 Å². The molecule has 172 valence electrons. The number of nitrogens with one attached hydrogen (secondary N) is 1. The van der Waals surface area contributed by atoms with Crippen LogP contribution in [-0.2, 0) is 11.3 Å². The SMILES string of the molecule is CSCCC(NC(=O)c1ccc(Cl)cc1Cl)C(=O)N1CCCN(Cc2ccccc2)CC1. The largest absolute Gasteiger partial charge is 0.340 e. The Kier molecular flexibility index (Phi) is 9.72. The number of hydrogen-bond donors (Lipinski definition) is 1. The lowest BCUT2D eigenvalue weighted by Gasteiger charge is -2.27. The standard InChI is InChI=1S/C24H29Cl2N3O2S/c1-32-15-10-22(27-23(30)20-9-8-19(25)16-21(20)26)24(31)29-12-5-11-28(13-14-29)17-18-6-3-2-4-7-18/h2-4,6-9,16,22H,5,10-15,17H2,1H3,(H,27,30). The minimum atomic E-state index is -0.581. The van der Waals surface area contributed by atoms with E-state index in [0.29, 0.717) is 30.1 Å². The van der Waals surface area contributed by atoms with Gasteiger partial charge in [0.15, 0.2) is 0 Å². The number of rotatable bonds is 8. The average molecular weight is 494 g/mol. The fraction of sp³-hybridized carbons (Fsp3) is 0.417. The molecule has 1 saturated heterocycles. The molecule has 3 rings (SSSR count). The Morgan fingerprint density at radius 2 is 1.84 bits per heavy atom. The van der Waals surface area contributed by atoms with Crippen LogP contribution in [0.15, 0.2) is 48.5 Å². The molecule has 1 aliphatic heterocycles. The molecule has 0 aromatic heterocycles. The van der Waals surface area contributed by atoms with Crippen LogP contribution in [0.25, 0.3) is 0 Å². The first-order valence-corrected chi connectivity index (χ1v) is 12.9. The molecule has 2 amide bonds. The van der Waals surface area contributed by atoms with Gasteiger partial charge in [0.05, 0.1) is 10.6 Å². The van der Waals surface area contributed by atoms with Gasteiger partial charge in [-0.25, -0.2) is 0 Å². The van der Waals surface area contributed by atoms with Crippen LogP contribution in [0.1, 0.15) is 28.8 Å². The van der Waals surface area contributed by atoms with Crippen molar-refractivity contribution in [3.8, 4) is 0 Å². The van der Waals surface area contributed by atoms with Gasteiger partial charge in [0.25, 0.3) is 5.91 Å². The number of carbonyl (C=O) groups excluding carboxylic acids is 2. The number of thioether (sulfide) groups is 1. The Morgan fingerprint density at radius 3 is 2.56 bits per heavy atom. The van der Waals surface area contributed by atoms with E-state index in [4.69, 9.17) is 23.2 Å². The van der Waals surface area contributed by atoms with Crippen molar-refractivity contribution in [2.45, 2.75) is 25.4 Å². The minimum Gasteiger partial charge on any atom is -0.340 e. The van der Waals surface area contributed by atoms with Gasteiger partial charge in [0, 0.05) is 37.7 Å². The molecule has 1 fully saturated rings. The second kappa shape index (κ2) is 12.5. The fourth-order valence-electron chi connectivity index (χ4n) is 3.81. The first-order chi connectivity index (χ1) is 15.5. The maximum absolute atomic E-state index is 13.4. The highest BCUT2D eigenvalue weighted by atomic mass is 35.5. The van der Waals surface area contributed by atoms with E-state index in [-0.39, 0.29) is 16.8 Å². The lowest BCUT2D eigenvalue weighted by molar-refractivity contribution is -0.133. The molecule has 1 unspecified atom stereocenters. The summed E-state index contributed by atoms with van der Waals surface area (Å²) in [4.78, 5) is 30.5. The number of amides is 2. The van der Waals surface area contributed by atoms with Crippen LogP contribution in [0.5, 0.6) is 0 Å². The predicted molar refractivity (Wildman–Crippen MR) is 134 cm³/mol. The molecule has 2 aromatic carbocycles. The molecule has 0 saturated carbocycles. The third-order valence-electron chi connectivity index (χ3n) is 5.54. The predicted octanol–water partition coefficient (Wildman–Crippen LogP) is 4.58. The summed E-state index contributed by atoms with van der Waals surface area (Å²) >= 11 is 13.8. The molecular formula is C24H29Cl2N3O2S. The Morgan fingerprint density at radius 1 is 1.06 bits per heavy atom. The zero-order valence-corrected chi connectivity index (χ0v) is 20.6. The van der Waals surface area contributed by atoms with Gasteiger partial charge in [-0.1, -0.05) is 53.5 Å². The van der Waals surface area contributed by atoms with Crippen LogP contribution >= 0.6 is 35.0 Å². The maximum atomic E-state index is 13.4. The average Bonchev–Trinajstić information content (AvgIpc) is 3.02. The monoisotopic (exact) mass is 493 g/mol. The second-order valence-corrected chi connectivity index (χ2v) is 9.70. The third kappa shape index (κ3) is 7.14. The van der Waals surface area contributed by atoms with Gasteiger partial charge in [-0.15, -0.1) is 0 Å². The van der Waals surface area contributed by atoms with Gasteiger partial charge in [0.2, 0.25) is 5.91 Å². The van der Waals surface area contributed by atoms with E-state index in [0.717, 1.165) is 31.8 Å². The number of halogens is 2. The zero-order chi connectivity index (χ0) is 22.9. The van der Waals surface area contributed by atoms with E-state index in [1.54, 1.807) is 23.9 Å². The summed E-state index contributed by atoms with van der Waals surface area (Å²) in [5, 5.41) is 3.65.